The molecule has 0 bridgehead atoms. The summed E-state index contributed by atoms with van der Waals surface area (Å²) in [6, 6.07) is 21.9. The summed E-state index contributed by atoms with van der Waals surface area (Å²) in [7, 11) is -1.11. The maximum atomic E-state index is 13.5. The molecule has 32 heavy (non-hydrogen) atoms. The summed E-state index contributed by atoms with van der Waals surface area (Å²) in [6.07, 6.45) is 0. The molecule has 8 heteroatoms. The van der Waals surface area contributed by atoms with Gasteiger partial charge in [-0.3, -0.25) is 9.10 Å². The van der Waals surface area contributed by atoms with E-state index in [1.54, 1.807) is 36.4 Å². The number of anilines is 1. The minimum absolute atomic E-state index is 0.0711. The second-order valence-electron chi connectivity index (χ2n) is 7.06. The van der Waals surface area contributed by atoms with Crippen LogP contribution in [0.15, 0.2) is 83.8 Å². The van der Waals surface area contributed by atoms with Crippen LogP contribution in [0.1, 0.15) is 18.5 Å². The standard InChI is InChI=1S/C24H26N2O5S/c1-18(19-10-6-4-7-11-19)25-24(27)17-26(32(28,29)21-12-8-5-9-13-21)22-15-14-20(30-2)16-23(22)31-3/h4-16,18H,17H2,1-3H3,(H,25,27). The molecule has 0 saturated carbocycles. The van der Waals surface area contributed by atoms with E-state index in [0.717, 1.165) is 9.87 Å². The van der Waals surface area contributed by atoms with E-state index >= 15 is 0 Å². The second kappa shape index (κ2) is 10.2. The lowest BCUT2D eigenvalue weighted by molar-refractivity contribution is -0.120. The van der Waals surface area contributed by atoms with Crippen LogP contribution < -0.4 is 19.1 Å². The Hall–Kier alpha value is -3.52. The summed E-state index contributed by atoms with van der Waals surface area (Å²) >= 11 is 0. The first-order valence-corrected chi connectivity index (χ1v) is 11.4. The Balaban J connectivity index is 1.97. The molecule has 0 aromatic heterocycles. The number of nitrogens with one attached hydrogen (secondary N) is 1. The van der Waals surface area contributed by atoms with Gasteiger partial charge in [-0.25, -0.2) is 8.42 Å². The molecular formula is C24H26N2O5S. The van der Waals surface area contributed by atoms with Gasteiger partial charge in [-0.1, -0.05) is 48.5 Å². The molecule has 168 valence electrons. The van der Waals surface area contributed by atoms with Gasteiger partial charge in [0.25, 0.3) is 10.0 Å². The average molecular weight is 455 g/mol. The molecule has 0 aliphatic heterocycles. The monoisotopic (exact) mass is 454 g/mol. The topological polar surface area (TPSA) is 84.9 Å². The van der Waals surface area contributed by atoms with Crippen molar-refractivity contribution in [3.05, 3.63) is 84.4 Å². The Morgan fingerprint density at radius 2 is 1.56 bits per heavy atom. The Labute approximate surface area is 188 Å². The van der Waals surface area contributed by atoms with Gasteiger partial charge < -0.3 is 14.8 Å². The minimum atomic E-state index is -4.05. The van der Waals surface area contributed by atoms with Gasteiger partial charge in [0, 0.05) is 6.07 Å². The normalized spacial score (nSPS) is 12.0. The summed E-state index contributed by atoms with van der Waals surface area (Å²) in [5.74, 6) is 0.330. The highest BCUT2D eigenvalue weighted by Crippen LogP contribution is 2.35. The quantitative estimate of drug-likeness (QED) is 0.532. The molecule has 0 heterocycles. The SMILES string of the molecule is COc1ccc(N(CC(=O)NC(C)c2ccccc2)S(=O)(=O)c2ccccc2)c(OC)c1. The van der Waals surface area contributed by atoms with Gasteiger partial charge in [0.05, 0.1) is 30.8 Å². The van der Waals surface area contributed by atoms with Gasteiger partial charge in [0.2, 0.25) is 5.91 Å². The lowest BCUT2D eigenvalue weighted by Crippen LogP contribution is -2.41. The maximum Gasteiger partial charge on any atom is 0.264 e. The van der Waals surface area contributed by atoms with Crippen LogP contribution in [0.3, 0.4) is 0 Å². The first-order valence-electron chi connectivity index (χ1n) is 10.0. The van der Waals surface area contributed by atoms with Crippen LogP contribution >= 0.6 is 0 Å². The van der Waals surface area contributed by atoms with E-state index in [9.17, 15) is 13.2 Å². The third-order valence-corrected chi connectivity index (χ3v) is 6.73. The fraction of sp³-hybridized carbons (Fsp3) is 0.208. The fourth-order valence-electron chi connectivity index (χ4n) is 3.25. The molecule has 0 fully saturated rings. The molecule has 1 amide bonds. The highest BCUT2D eigenvalue weighted by atomic mass is 32.2. The molecule has 0 aliphatic rings. The van der Waals surface area contributed by atoms with E-state index in [1.165, 1.54) is 26.4 Å². The number of sulfonamides is 1. The molecule has 1 N–H and O–H groups in total. The molecule has 0 saturated heterocycles. The lowest BCUT2D eigenvalue weighted by atomic mass is 10.1. The van der Waals surface area contributed by atoms with Crippen LogP contribution in [0.25, 0.3) is 0 Å². The summed E-state index contributed by atoms with van der Waals surface area (Å²) in [5.41, 5.74) is 1.15. The van der Waals surface area contributed by atoms with Crippen molar-refractivity contribution in [1.82, 2.24) is 5.32 Å². The van der Waals surface area contributed by atoms with E-state index in [-0.39, 0.29) is 22.4 Å². The number of methoxy groups -OCH3 is 2. The van der Waals surface area contributed by atoms with Gasteiger partial charge in [0.15, 0.2) is 0 Å². The van der Waals surface area contributed by atoms with Crippen molar-refractivity contribution >= 4 is 21.6 Å². The third kappa shape index (κ3) is 5.20. The molecule has 1 atom stereocenters. The summed E-state index contributed by atoms with van der Waals surface area (Å²) in [6.45, 7) is 1.42. The first-order chi connectivity index (χ1) is 15.4. The van der Waals surface area contributed by atoms with Gasteiger partial charge >= 0.3 is 0 Å². The molecular weight excluding hydrogens is 428 g/mol. The number of carbonyl (C=O) groups excluding carboxylic acids is 1. The van der Waals surface area contributed by atoms with Crippen LogP contribution in [0.4, 0.5) is 5.69 Å². The number of carbonyl (C=O) groups is 1. The second-order valence-corrected chi connectivity index (χ2v) is 8.92. The Morgan fingerprint density at radius 1 is 0.938 bits per heavy atom. The van der Waals surface area contributed by atoms with Crippen LogP contribution in [0, 0.1) is 0 Å². The molecule has 7 nitrogen and oxygen atoms in total. The van der Waals surface area contributed by atoms with E-state index in [2.05, 4.69) is 5.32 Å². The average Bonchev–Trinajstić information content (AvgIpc) is 2.83. The van der Waals surface area contributed by atoms with Crippen LogP contribution in [-0.4, -0.2) is 35.1 Å². The number of nitrogens with zero attached hydrogens (tertiary/aromatic N) is 1. The van der Waals surface area contributed by atoms with Gasteiger partial charge in [-0.15, -0.1) is 0 Å². The van der Waals surface area contributed by atoms with Crippen molar-refractivity contribution in [1.29, 1.82) is 0 Å². The van der Waals surface area contributed by atoms with Crippen molar-refractivity contribution in [2.75, 3.05) is 25.1 Å². The zero-order valence-corrected chi connectivity index (χ0v) is 19.0. The molecule has 1 unspecified atom stereocenters. The summed E-state index contributed by atoms with van der Waals surface area (Å²) in [4.78, 5) is 13.0. The van der Waals surface area contributed by atoms with Crippen molar-refractivity contribution in [2.45, 2.75) is 17.9 Å². The highest BCUT2D eigenvalue weighted by molar-refractivity contribution is 7.92. The molecule has 0 spiro atoms. The molecule has 3 rings (SSSR count). The van der Waals surface area contributed by atoms with Crippen molar-refractivity contribution in [2.24, 2.45) is 0 Å². The van der Waals surface area contributed by atoms with Gasteiger partial charge in [0.1, 0.15) is 18.0 Å². The minimum Gasteiger partial charge on any atom is -0.497 e. The van der Waals surface area contributed by atoms with E-state index in [1.807, 2.05) is 37.3 Å². The Morgan fingerprint density at radius 3 is 2.16 bits per heavy atom. The van der Waals surface area contributed by atoms with Crippen LogP contribution in [0.2, 0.25) is 0 Å². The van der Waals surface area contributed by atoms with Crippen molar-refractivity contribution in [3.63, 3.8) is 0 Å². The van der Waals surface area contributed by atoms with E-state index in [4.69, 9.17) is 9.47 Å². The van der Waals surface area contributed by atoms with Crippen LogP contribution in [-0.2, 0) is 14.8 Å². The van der Waals surface area contributed by atoms with E-state index in [0.29, 0.717) is 5.75 Å². The van der Waals surface area contributed by atoms with Gasteiger partial charge in [-0.2, -0.15) is 0 Å². The van der Waals surface area contributed by atoms with Crippen molar-refractivity contribution < 1.29 is 22.7 Å². The predicted molar refractivity (Wildman–Crippen MR) is 124 cm³/mol. The largest absolute Gasteiger partial charge is 0.497 e. The van der Waals surface area contributed by atoms with E-state index < -0.39 is 22.5 Å². The lowest BCUT2D eigenvalue weighted by Gasteiger charge is -2.26. The molecule has 3 aromatic rings. The summed E-state index contributed by atoms with van der Waals surface area (Å²) in [5, 5.41) is 2.87. The first kappa shape index (κ1) is 23.1. The smallest absolute Gasteiger partial charge is 0.264 e. The predicted octanol–water partition coefficient (Wildman–Crippen LogP) is 3.78. The molecule has 3 aromatic carbocycles. The zero-order valence-electron chi connectivity index (χ0n) is 18.2. The fourth-order valence-corrected chi connectivity index (χ4v) is 4.71. The number of hydrogen-bond donors (Lipinski definition) is 1. The molecule has 0 aliphatic carbocycles. The third-order valence-electron chi connectivity index (χ3n) is 4.95. The molecule has 0 radical (unpaired) electrons. The maximum absolute atomic E-state index is 13.5. The summed E-state index contributed by atoms with van der Waals surface area (Å²) < 4.78 is 38.7. The number of benzene rings is 3. The van der Waals surface area contributed by atoms with Gasteiger partial charge in [-0.05, 0) is 36.8 Å². The number of hydrogen-bond acceptors (Lipinski definition) is 5. The number of amides is 1. The zero-order chi connectivity index (χ0) is 23.1. The number of rotatable bonds is 9. The number of ether oxygens (including phenoxy) is 2. The Kier molecular flexibility index (Phi) is 7.37. The highest BCUT2D eigenvalue weighted by Gasteiger charge is 2.30. The van der Waals surface area contributed by atoms with Crippen molar-refractivity contribution in [3.8, 4) is 11.5 Å². The Bertz CT molecular complexity index is 1150. The van der Waals surface area contributed by atoms with Crippen LogP contribution in [0.5, 0.6) is 11.5 Å².